The first-order valence-electron chi connectivity index (χ1n) is 7.08. The maximum atomic E-state index is 12.6. The van der Waals surface area contributed by atoms with Gasteiger partial charge in [0.1, 0.15) is 0 Å². The van der Waals surface area contributed by atoms with Crippen LogP contribution in [-0.2, 0) is 14.8 Å². The van der Waals surface area contributed by atoms with Crippen molar-refractivity contribution < 1.29 is 13.2 Å². The number of sulfonamides is 1. The Morgan fingerprint density at radius 1 is 1.17 bits per heavy atom. The van der Waals surface area contributed by atoms with Crippen LogP contribution in [0, 0.1) is 0 Å². The van der Waals surface area contributed by atoms with E-state index in [0.717, 1.165) is 5.75 Å². The summed E-state index contributed by atoms with van der Waals surface area (Å²) in [5.41, 5.74) is 0. The first kappa shape index (κ1) is 18.9. The molecule has 0 atom stereocenters. The van der Waals surface area contributed by atoms with Gasteiger partial charge >= 0.3 is 0 Å². The molecule has 1 aliphatic rings. The molecule has 9 heteroatoms. The largest absolute Gasteiger partial charge is 0.340 e. The van der Waals surface area contributed by atoms with E-state index in [2.05, 4.69) is 0 Å². The van der Waals surface area contributed by atoms with Crippen LogP contribution in [0.25, 0.3) is 0 Å². The van der Waals surface area contributed by atoms with E-state index in [4.69, 9.17) is 23.2 Å². The molecule has 0 radical (unpaired) electrons. The van der Waals surface area contributed by atoms with E-state index in [1.165, 1.54) is 22.5 Å². The standard InChI is InChI=1S/C14H18Cl2N2O3S2/c1-22-9-4-14(19)17-5-7-18(8-6-17)23(20,21)11-2-3-12(15)13(16)10-11/h2-3,10H,4-9H2,1H3. The van der Waals surface area contributed by atoms with Crippen LogP contribution in [0.15, 0.2) is 23.1 Å². The van der Waals surface area contributed by atoms with Gasteiger partial charge in [0, 0.05) is 38.4 Å². The number of thioether (sulfide) groups is 1. The first-order valence-corrected chi connectivity index (χ1v) is 10.7. The van der Waals surface area contributed by atoms with E-state index in [0.29, 0.717) is 24.5 Å². The highest BCUT2D eigenvalue weighted by Gasteiger charge is 2.30. The lowest BCUT2D eigenvalue weighted by Crippen LogP contribution is -2.50. The van der Waals surface area contributed by atoms with E-state index >= 15 is 0 Å². The van der Waals surface area contributed by atoms with E-state index < -0.39 is 10.0 Å². The second-order valence-electron chi connectivity index (χ2n) is 5.10. The van der Waals surface area contributed by atoms with Gasteiger partial charge in [-0.25, -0.2) is 8.42 Å². The zero-order chi connectivity index (χ0) is 17.0. The monoisotopic (exact) mass is 396 g/mol. The molecular weight excluding hydrogens is 379 g/mol. The van der Waals surface area contributed by atoms with Gasteiger partial charge in [-0.3, -0.25) is 4.79 Å². The molecule has 23 heavy (non-hydrogen) atoms. The summed E-state index contributed by atoms with van der Waals surface area (Å²) in [6.07, 6.45) is 2.44. The fourth-order valence-electron chi connectivity index (χ4n) is 2.31. The molecule has 0 saturated carbocycles. The number of rotatable bonds is 5. The summed E-state index contributed by atoms with van der Waals surface area (Å²) < 4.78 is 26.6. The van der Waals surface area contributed by atoms with Crippen LogP contribution in [-0.4, -0.2) is 61.7 Å². The van der Waals surface area contributed by atoms with Crippen molar-refractivity contribution in [1.82, 2.24) is 9.21 Å². The Balaban J connectivity index is 2.03. The Morgan fingerprint density at radius 3 is 2.39 bits per heavy atom. The van der Waals surface area contributed by atoms with Crippen molar-refractivity contribution in [3.63, 3.8) is 0 Å². The van der Waals surface area contributed by atoms with Crippen molar-refractivity contribution in [2.75, 3.05) is 38.2 Å². The average Bonchev–Trinajstić information content (AvgIpc) is 2.55. The topological polar surface area (TPSA) is 57.7 Å². The minimum atomic E-state index is -3.62. The highest BCUT2D eigenvalue weighted by Crippen LogP contribution is 2.27. The molecule has 1 fully saturated rings. The third-order valence-electron chi connectivity index (χ3n) is 3.64. The predicted octanol–water partition coefficient (Wildman–Crippen LogP) is 2.58. The van der Waals surface area contributed by atoms with Gasteiger partial charge in [0.15, 0.2) is 0 Å². The van der Waals surface area contributed by atoms with Crippen LogP contribution in [0.2, 0.25) is 10.0 Å². The van der Waals surface area contributed by atoms with Crippen LogP contribution in [0.3, 0.4) is 0 Å². The molecule has 0 unspecified atom stereocenters. The predicted molar refractivity (Wildman–Crippen MR) is 94.8 cm³/mol. The summed E-state index contributed by atoms with van der Waals surface area (Å²) in [6.45, 7) is 1.39. The van der Waals surface area contributed by atoms with Crippen LogP contribution in [0.4, 0.5) is 0 Å². The van der Waals surface area contributed by atoms with E-state index in [9.17, 15) is 13.2 Å². The Kier molecular flexibility index (Phi) is 6.62. The number of carbonyl (C=O) groups excluding carboxylic acids is 1. The van der Waals surface area contributed by atoms with Gasteiger partial charge in [-0.1, -0.05) is 23.2 Å². The summed E-state index contributed by atoms with van der Waals surface area (Å²) in [7, 11) is -3.62. The van der Waals surface area contributed by atoms with Crippen molar-refractivity contribution >= 4 is 50.9 Å². The van der Waals surface area contributed by atoms with E-state index in [1.54, 1.807) is 16.7 Å². The highest BCUT2D eigenvalue weighted by molar-refractivity contribution is 7.98. The zero-order valence-corrected chi connectivity index (χ0v) is 15.8. The van der Waals surface area contributed by atoms with Gasteiger partial charge in [-0.2, -0.15) is 16.1 Å². The van der Waals surface area contributed by atoms with E-state index in [1.807, 2.05) is 6.26 Å². The van der Waals surface area contributed by atoms with Gasteiger partial charge in [0.25, 0.3) is 0 Å². The SMILES string of the molecule is CSCCC(=O)N1CCN(S(=O)(=O)c2ccc(Cl)c(Cl)c2)CC1. The molecule has 0 bridgehead atoms. The smallest absolute Gasteiger partial charge is 0.243 e. The van der Waals surface area contributed by atoms with Gasteiger partial charge in [0.05, 0.1) is 14.9 Å². The molecule has 0 N–H and O–H groups in total. The summed E-state index contributed by atoms with van der Waals surface area (Å²) in [5, 5.41) is 0.522. The van der Waals surface area contributed by atoms with Gasteiger partial charge in [-0.05, 0) is 24.5 Å². The lowest BCUT2D eigenvalue weighted by atomic mass is 10.3. The first-order chi connectivity index (χ1) is 10.9. The number of hydrogen-bond acceptors (Lipinski definition) is 4. The molecule has 2 rings (SSSR count). The van der Waals surface area contributed by atoms with Crippen molar-refractivity contribution in [1.29, 1.82) is 0 Å². The lowest BCUT2D eigenvalue weighted by Gasteiger charge is -2.34. The molecule has 0 spiro atoms. The quantitative estimate of drug-likeness (QED) is 0.767. The molecule has 5 nitrogen and oxygen atoms in total. The fourth-order valence-corrected chi connectivity index (χ4v) is 4.50. The zero-order valence-electron chi connectivity index (χ0n) is 12.7. The molecule has 0 aromatic heterocycles. The average molecular weight is 397 g/mol. The normalized spacial score (nSPS) is 16.6. The minimum Gasteiger partial charge on any atom is -0.340 e. The molecule has 1 saturated heterocycles. The minimum absolute atomic E-state index is 0.0749. The van der Waals surface area contributed by atoms with Crippen LogP contribution >= 0.6 is 35.0 Å². The molecule has 1 amide bonds. The number of piperazine rings is 1. The summed E-state index contributed by atoms with van der Waals surface area (Å²) >= 11 is 13.3. The maximum Gasteiger partial charge on any atom is 0.243 e. The second kappa shape index (κ2) is 8.07. The highest BCUT2D eigenvalue weighted by atomic mass is 35.5. The summed E-state index contributed by atoms with van der Waals surface area (Å²) in [6, 6.07) is 4.27. The summed E-state index contributed by atoms with van der Waals surface area (Å²) in [4.78, 5) is 13.8. The van der Waals surface area contributed by atoms with Gasteiger partial charge in [-0.15, -0.1) is 0 Å². The molecular formula is C14H18Cl2N2O3S2. The molecule has 1 aromatic carbocycles. The fraction of sp³-hybridized carbons (Fsp3) is 0.500. The van der Waals surface area contributed by atoms with Crippen molar-refractivity contribution in [3.05, 3.63) is 28.2 Å². The Bertz CT molecular complexity index is 675. The maximum absolute atomic E-state index is 12.6. The summed E-state index contributed by atoms with van der Waals surface area (Å²) in [5.74, 6) is 0.853. The Labute approximate surface area is 151 Å². The van der Waals surface area contributed by atoms with Gasteiger partial charge < -0.3 is 4.90 Å². The van der Waals surface area contributed by atoms with Crippen LogP contribution < -0.4 is 0 Å². The number of hydrogen-bond donors (Lipinski definition) is 0. The number of carbonyl (C=O) groups is 1. The number of halogens is 2. The van der Waals surface area contributed by atoms with Crippen molar-refractivity contribution in [2.24, 2.45) is 0 Å². The van der Waals surface area contributed by atoms with E-state index in [-0.39, 0.29) is 28.9 Å². The molecule has 0 aliphatic carbocycles. The number of nitrogens with zero attached hydrogens (tertiary/aromatic N) is 2. The van der Waals surface area contributed by atoms with Crippen LogP contribution in [0.1, 0.15) is 6.42 Å². The molecule has 1 aromatic rings. The van der Waals surface area contributed by atoms with Crippen molar-refractivity contribution in [3.8, 4) is 0 Å². The second-order valence-corrected chi connectivity index (χ2v) is 8.84. The molecule has 1 aliphatic heterocycles. The molecule has 1 heterocycles. The number of amides is 1. The molecule has 128 valence electrons. The third-order valence-corrected chi connectivity index (χ3v) is 6.89. The Hall–Kier alpha value is -0.470. The van der Waals surface area contributed by atoms with Crippen molar-refractivity contribution in [2.45, 2.75) is 11.3 Å². The Morgan fingerprint density at radius 2 is 1.83 bits per heavy atom. The number of benzene rings is 1. The van der Waals surface area contributed by atoms with Crippen LogP contribution in [0.5, 0.6) is 0 Å². The third kappa shape index (κ3) is 4.54. The lowest BCUT2D eigenvalue weighted by molar-refractivity contribution is -0.131. The van der Waals surface area contributed by atoms with Gasteiger partial charge in [0.2, 0.25) is 15.9 Å².